The van der Waals surface area contributed by atoms with Gasteiger partial charge in [-0.15, -0.1) is 0 Å². The fourth-order valence-electron chi connectivity index (χ4n) is 3.50. The van der Waals surface area contributed by atoms with Crippen molar-refractivity contribution in [3.8, 4) is 0 Å². The number of carbonyl (C=O) groups is 3. The van der Waals surface area contributed by atoms with E-state index >= 15 is 0 Å². The number of benzene rings is 1. The van der Waals surface area contributed by atoms with Crippen LogP contribution in [0.15, 0.2) is 89.6 Å². The van der Waals surface area contributed by atoms with Crippen molar-refractivity contribution in [2.24, 2.45) is 0 Å². The van der Waals surface area contributed by atoms with Crippen LogP contribution in [0.2, 0.25) is 0 Å². The summed E-state index contributed by atoms with van der Waals surface area (Å²) in [6, 6.07) is 4.15. The Hall–Kier alpha value is -3.93. The predicted molar refractivity (Wildman–Crippen MR) is 123 cm³/mol. The Morgan fingerprint density at radius 1 is 0.545 bits per heavy atom. The lowest BCUT2D eigenvalue weighted by atomic mass is 10.1. The molecule has 0 aliphatic heterocycles. The maximum atomic E-state index is 12.7. The summed E-state index contributed by atoms with van der Waals surface area (Å²) in [6.07, 6.45) is 19.5. The van der Waals surface area contributed by atoms with Crippen molar-refractivity contribution >= 4 is 17.9 Å². The average Bonchev–Trinajstić information content (AvgIpc) is 3.63. The lowest BCUT2D eigenvalue weighted by Gasteiger charge is -2.11. The highest BCUT2D eigenvalue weighted by Gasteiger charge is 2.20. The molecule has 0 amide bonds. The molecule has 0 aromatic heterocycles. The fraction of sp³-hybridized carbons (Fsp3) is 0.222. The molecule has 0 N–H and O–H groups in total. The first-order chi connectivity index (χ1) is 16.1. The molecule has 33 heavy (non-hydrogen) atoms. The van der Waals surface area contributed by atoms with Gasteiger partial charge in [0.05, 0.1) is 16.7 Å². The van der Waals surface area contributed by atoms with Crippen LogP contribution in [0.1, 0.15) is 50.3 Å². The molecule has 4 rings (SSSR count). The first-order valence-corrected chi connectivity index (χ1v) is 10.8. The summed E-state index contributed by atoms with van der Waals surface area (Å²) in [5.41, 5.74) is 3.17. The molecular weight excluding hydrogens is 420 g/mol. The molecule has 0 saturated carbocycles. The van der Waals surface area contributed by atoms with E-state index in [4.69, 9.17) is 14.2 Å². The Balaban J connectivity index is 1.48. The molecule has 0 radical (unpaired) electrons. The van der Waals surface area contributed by atoms with Crippen LogP contribution in [-0.2, 0) is 14.2 Å². The van der Waals surface area contributed by atoms with Crippen LogP contribution < -0.4 is 0 Å². The molecule has 6 heteroatoms. The first-order valence-electron chi connectivity index (χ1n) is 10.8. The Bertz CT molecular complexity index is 988. The lowest BCUT2D eigenvalue weighted by molar-refractivity contribution is 0.0535. The minimum absolute atomic E-state index is 0.0893. The van der Waals surface area contributed by atoms with Crippen molar-refractivity contribution in [2.75, 3.05) is 19.8 Å². The second kappa shape index (κ2) is 10.6. The van der Waals surface area contributed by atoms with Gasteiger partial charge in [0.2, 0.25) is 0 Å². The SMILES string of the molecule is O=C(OCC1=CC=CC1)c1cc(C(=O)OCC2=CC=CC2)cc(C(=O)OCC2=CC=CC2)c1. The van der Waals surface area contributed by atoms with E-state index in [2.05, 4.69) is 0 Å². The van der Waals surface area contributed by atoms with Gasteiger partial charge in [0.15, 0.2) is 0 Å². The normalized spacial score (nSPS) is 15.8. The van der Waals surface area contributed by atoms with Gasteiger partial charge in [0.1, 0.15) is 19.8 Å². The van der Waals surface area contributed by atoms with Crippen LogP contribution in [0.3, 0.4) is 0 Å². The van der Waals surface area contributed by atoms with Crippen molar-refractivity contribution in [2.45, 2.75) is 19.3 Å². The minimum Gasteiger partial charge on any atom is -0.458 e. The molecule has 3 aliphatic rings. The summed E-state index contributed by atoms with van der Waals surface area (Å²) in [7, 11) is 0. The lowest BCUT2D eigenvalue weighted by Crippen LogP contribution is -2.15. The van der Waals surface area contributed by atoms with Gasteiger partial charge in [-0.3, -0.25) is 0 Å². The monoisotopic (exact) mass is 444 g/mol. The van der Waals surface area contributed by atoms with Gasteiger partial charge in [0.25, 0.3) is 0 Å². The summed E-state index contributed by atoms with van der Waals surface area (Å²) >= 11 is 0. The summed E-state index contributed by atoms with van der Waals surface area (Å²) in [4.78, 5) is 38.0. The number of rotatable bonds is 9. The highest BCUT2D eigenvalue weighted by atomic mass is 16.5. The molecule has 1 aromatic carbocycles. The molecule has 0 spiro atoms. The Morgan fingerprint density at radius 2 is 0.848 bits per heavy atom. The second-order valence-corrected chi connectivity index (χ2v) is 7.90. The number of esters is 3. The van der Waals surface area contributed by atoms with E-state index in [9.17, 15) is 14.4 Å². The van der Waals surface area contributed by atoms with Gasteiger partial charge < -0.3 is 14.2 Å². The first kappa shape index (κ1) is 22.3. The van der Waals surface area contributed by atoms with Crippen LogP contribution in [0, 0.1) is 0 Å². The van der Waals surface area contributed by atoms with Crippen LogP contribution in [0.4, 0.5) is 0 Å². The summed E-state index contributed by atoms with van der Waals surface area (Å²) in [5, 5.41) is 0. The number of carbonyl (C=O) groups excluding carboxylic acids is 3. The number of hydrogen-bond acceptors (Lipinski definition) is 6. The van der Waals surface area contributed by atoms with Gasteiger partial charge in [-0.1, -0.05) is 54.7 Å². The van der Waals surface area contributed by atoms with E-state index in [1.165, 1.54) is 18.2 Å². The van der Waals surface area contributed by atoms with Crippen LogP contribution in [-0.4, -0.2) is 37.7 Å². The topological polar surface area (TPSA) is 78.9 Å². The zero-order valence-corrected chi connectivity index (χ0v) is 18.1. The molecule has 3 aliphatic carbocycles. The Kier molecular flexibility index (Phi) is 7.15. The third-order valence-electron chi connectivity index (χ3n) is 5.35. The standard InChI is InChI=1S/C27H24O6/c28-25(31-16-19-7-1-2-8-19)22-13-23(26(29)32-17-20-9-3-4-10-20)15-24(14-22)27(30)33-18-21-11-5-6-12-21/h1-7,9,11,13-15H,8,10,12,16-18H2. The van der Waals surface area contributed by atoms with Gasteiger partial charge in [0, 0.05) is 0 Å². The maximum absolute atomic E-state index is 12.7. The van der Waals surface area contributed by atoms with Crippen molar-refractivity contribution < 1.29 is 28.6 Å². The largest absolute Gasteiger partial charge is 0.458 e. The quantitative estimate of drug-likeness (QED) is 0.402. The molecule has 168 valence electrons. The van der Waals surface area contributed by atoms with Crippen LogP contribution in [0.5, 0.6) is 0 Å². The molecular formula is C27H24O6. The number of allylic oxidation sites excluding steroid dienone is 9. The highest BCUT2D eigenvalue weighted by Crippen LogP contribution is 2.18. The van der Waals surface area contributed by atoms with Gasteiger partial charge in [-0.2, -0.15) is 0 Å². The van der Waals surface area contributed by atoms with Crippen LogP contribution >= 0.6 is 0 Å². The van der Waals surface area contributed by atoms with Gasteiger partial charge in [-0.25, -0.2) is 14.4 Å². The van der Waals surface area contributed by atoms with E-state index in [1.807, 2.05) is 54.7 Å². The second-order valence-electron chi connectivity index (χ2n) is 7.90. The molecule has 0 unspecified atom stereocenters. The van der Waals surface area contributed by atoms with Crippen molar-refractivity contribution in [3.05, 3.63) is 106 Å². The third-order valence-corrected chi connectivity index (χ3v) is 5.35. The van der Waals surface area contributed by atoms with Crippen molar-refractivity contribution in [1.82, 2.24) is 0 Å². The number of ether oxygens (including phenoxy) is 3. The maximum Gasteiger partial charge on any atom is 0.338 e. The molecule has 1 aromatic rings. The van der Waals surface area contributed by atoms with E-state index in [-0.39, 0.29) is 36.5 Å². The summed E-state index contributed by atoms with van der Waals surface area (Å²) in [6.45, 7) is 0.424. The summed E-state index contributed by atoms with van der Waals surface area (Å²) < 4.78 is 16.1. The van der Waals surface area contributed by atoms with Gasteiger partial charge >= 0.3 is 17.9 Å². The predicted octanol–water partition coefficient (Wildman–Crippen LogP) is 4.82. The van der Waals surface area contributed by atoms with E-state index in [1.54, 1.807) is 0 Å². The Labute approximate surface area is 192 Å². The molecule has 0 heterocycles. The zero-order valence-electron chi connectivity index (χ0n) is 18.1. The smallest absolute Gasteiger partial charge is 0.338 e. The molecule has 0 saturated heterocycles. The van der Waals surface area contributed by atoms with Crippen molar-refractivity contribution in [1.29, 1.82) is 0 Å². The Morgan fingerprint density at radius 3 is 1.09 bits per heavy atom. The molecule has 0 bridgehead atoms. The zero-order chi connectivity index (χ0) is 23.0. The third kappa shape index (κ3) is 6.07. The average molecular weight is 444 g/mol. The minimum atomic E-state index is -0.628. The fourth-order valence-corrected chi connectivity index (χ4v) is 3.50. The van der Waals surface area contributed by atoms with Crippen LogP contribution in [0.25, 0.3) is 0 Å². The highest BCUT2D eigenvalue weighted by molar-refractivity contribution is 6.00. The summed E-state index contributed by atoms with van der Waals surface area (Å²) in [5.74, 6) is -1.88. The number of hydrogen-bond donors (Lipinski definition) is 0. The molecule has 0 fully saturated rings. The van der Waals surface area contributed by atoms with E-state index in [0.717, 1.165) is 36.0 Å². The van der Waals surface area contributed by atoms with Gasteiger partial charge in [-0.05, 0) is 54.2 Å². The van der Waals surface area contributed by atoms with E-state index < -0.39 is 17.9 Å². The molecule has 6 nitrogen and oxygen atoms in total. The van der Waals surface area contributed by atoms with E-state index in [0.29, 0.717) is 0 Å². The van der Waals surface area contributed by atoms with Crippen molar-refractivity contribution in [3.63, 3.8) is 0 Å². The molecule has 0 atom stereocenters.